The van der Waals surface area contributed by atoms with Gasteiger partial charge in [-0.15, -0.1) is 0 Å². The minimum Gasteiger partial charge on any atom is -0.348 e. The molecule has 1 unspecified atom stereocenters. The fraction of sp³-hybridized carbons (Fsp3) is 0.400. The van der Waals surface area contributed by atoms with E-state index in [1.54, 1.807) is 18.3 Å². The fourth-order valence-corrected chi connectivity index (χ4v) is 0.473. The predicted octanol–water partition coefficient (Wildman–Crippen LogP) is -0.109. The van der Waals surface area contributed by atoms with Crippen molar-refractivity contribution in [2.24, 2.45) is 4.99 Å². The number of likely N-dealkylation sites (N-methyl/N-ethyl adjacent to an activating group) is 1. The monoisotopic (exact) mass is 107 g/mol. The zero-order valence-corrected chi connectivity index (χ0v) is 4.50. The molecule has 0 N–H and O–H groups in total. The van der Waals surface area contributed by atoms with E-state index < -0.39 is 0 Å². The highest BCUT2D eigenvalue weighted by atomic mass is 15.2. The summed E-state index contributed by atoms with van der Waals surface area (Å²) >= 11 is 0. The van der Waals surface area contributed by atoms with E-state index in [0.29, 0.717) is 0 Å². The van der Waals surface area contributed by atoms with Crippen molar-refractivity contribution in [1.82, 2.24) is 4.90 Å². The van der Waals surface area contributed by atoms with Crippen LogP contribution >= 0.6 is 0 Å². The lowest BCUT2D eigenvalue weighted by atomic mass is 10.3. The smallest absolute Gasteiger partial charge is 0.158 e. The van der Waals surface area contributed by atoms with E-state index in [9.17, 15) is 0 Å². The molecule has 0 aromatic carbocycles. The van der Waals surface area contributed by atoms with E-state index >= 15 is 0 Å². The molecule has 0 bridgehead atoms. The third-order valence-electron chi connectivity index (χ3n) is 0.966. The summed E-state index contributed by atoms with van der Waals surface area (Å²) in [6.07, 6.45) is 1.58. The second-order valence-electron chi connectivity index (χ2n) is 1.57. The molecule has 0 aromatic heterocycles. The summed E-state index contributed by atoms with van der Waals surface area (Å²) in [7, 11) is 1.79. The van der Waals surface area contributed by atoms with E-state index in [-0.39, 0.29) is 6.04 Å². The van der Waals surface area contributed by atoms with E-state index in [0.717, 1.165) is 0 Å². The summed E-state index contributed by atoms with van der Waals surface area (Å²) in [5, 5.41) is 8.30. The van der Waals surface area contributed by atoms with Gasteiger partial charge in [0.1, 0.15) is 6.04 Å². The van der Waals surface area contributed by atoms with Crippen LogP contribution < -0.4 is 0 Å². The quantitative estimate of drug-likeness (QED) is 0.433. The first-order valence-corrected chi connectivity index (χ1v) is 2.25. The highest BCUT2D eigenvalue weighted by Gasteiger charge is 2.15. The van der Waals surface area contributed by atoms with E-state index in [1.807, 2.05) is 6.07 Å². The first kappa shape index (κ1) is 5.10. The third-order valence-corrected chi connectivity index (χ3v) is 0.966. The summed E-state index contributed by atoms with van der Waals surface area (Å²) < 4.78 is 0. The van der Waals surface area contributed by atoms with Gasteiger partial charge >= 0.3 is 0 Å². The van der Waals surface area contributed by atoms with Gasteiger partial charge in [-0.25, -0.2) is 0 Å². The van der Waals surface area contributed by atoms with Crippen molar-refractivity contribution in [2.75, 3.05) is 7.05 Å². The number of nitriles is 1. The Labute approximate surface area is 48.2 Å². The molecule has 0 spiro atoms. The molecule has 0 fully saturated rings. The van der Waals surface area contributed by atoms with Crippen LogP contribution in [0.25, 0.3) is 0 Å². The molecular weight excluding hydrogens is 102 g/mol. The average molecular weight is 107 g/mol. The standard InChI is InChI=1S/C5H5N3/c1-8-4-7-3-5(8)2-6/h4-5H,1H3. The fourth-order valence-electron chi connectivity index (χ4n) is 0.473. The van der Waals surface area contributed by atoms with Crippen molar-refractivity contribution >= 4 is 6.34 Å². The molecule has 0 aliphatic carbocycles. The summed E-state index contributed by atoms with van der Waals surface area (Å²) in [6, 6.07) is 1.73. The maximum atomic E-state index is 8.30. The van der Waals surface area contributed by atoms with Gasteiger partial charge in [-0.2, -0.15) is 5.26 Å². The van der Waals surface area contributed by atoms with Crippen LogP contribution in [0.4, 0.5) is 0 Å². The molecule has 8 heavy (non-hydrogen) atoms. The Bertz CT molecular complexity index is 144. The van der Waals surface area contributed by atoms with Crippen molar-refractivity contribution in [3.05, 3.63) is 6.54 Å². The van der Waals surface area contributed by atoms with Crippen LogP contribution in [0.5, 0.6) is 0 Å². The molecule has 1 heterocycles. The van der Waals surface area contributed by atoms with Crippen LogP contribution in [-0.4, -0.2) is 24.3 Å². The molecule has 1 aliphatic rings. The third kappa shape index (κ3) is 0.648. The first-order valence-electron chi connectivity index (χ1n) is 2.25. The van der Waals surface area contributed by atoms with E-state index in [1.165, 1.54) is 0 Å². The molecule has 0 aromatic rings. The lowest BCUT2D eigenvalue weighted by molar-refractivity contribution is 0.513. The normalized spacial score (nSPS) is 26.0. The molecule has 3 nitrogen and oxygen atoms in total. The molecular formula is C5H5N3. The summed E-state index contributed by atoms with van der Waals surface area (Å²) in [4.78, 5) is 5.34. The zero-order valence-electron chi connectivity index (χ0n) is 4.50. The number of hydrogen-bond acceptors (Lipinski definition) is 3. The van der Waals surface area contributed by atoms with Crippen molar-refractivity contribution in [1.29, 1.82) is 5.26 Å². The minimum absolute atomic E-state index is 0.269. The topological polar surface area (TPSA) is 39.4 Å². The summed E-state index contributed by atoms with van der Waals surface area (Å²) in [6.45, 7) is 2.59. The summed E-state index contributed by atoms with van der Waals surface area (Å²) in [5.41, 5.74) is 0. The molecule has 0 saturated carbocycles. The predicted molar refractivity (Wildman–Crippen MR) is 28.9 cm³/mol. The van der Waals surface area contributed by atoms with Gasteiger partial charge in [0.2, 0.25) is 0 Å². The number of aliphatic imine (C=N–C) groups is 1. The highest BCUT2D eigenvalue weighted by Crippen LogP contribution is 2.03. The van der Waals surface area contributed by atoms with Crippen molar-refractivity contribution in [3.8, 4) is 6.07 Å². The largest absolute Gasteiger partial charge is 0.348 e. The lowest BCUT2D eigenvalue weighted by Gasteiger charge is -2.07. The Balaban J connectivity index is 2.54. The molecule has 2 radical (unpaired) electrons. The Morgan fingerprint density at radius 1 is 2.00 bits per heavy atom. The average Bonchev–Trinajstić information content (AvgIpc) is 2.14. The SMILES string of the molecule is CN1C=N[C]C1C#N. The van der Waals surface area contributed by atoms with Crippen LogP contribution in [0, 0.1) is 17.9 Å². The maximum absolute atomic E-state index is 8.30. The summed E-state index contributed by atoms with van der Waals surface area (Å²) in [5.74, 6) is 0. The molecule has 1 atom stereocenters. The van der Waals surface area contributed by atoms with Crippen LogP contribution in [0.3, 0.4) is 0 Å². The zero-order chi connectivity index (χ0) is 5.98. The van der Waals surface area contributed by atoms with Crippen LogP contribution in [0.15, 0.2) is 4.99 Å². The number of hydrogen-bond donors (Lipinski definition) is 0. The molecule has 1 aliphatic heterocycles. The van der Waals surface area contributed by atoms with Gasteiger partial charge in [0.05, 0.1) is 12.4 Å². The molecule has 3 heteroatoms. The Hall–Kier alpha value is -1.04. The Morgan fingerprint density at radius 3 is 3.00 bits per heavy atom. The molecule has 0 amide bonds. The highest BCUT2D eigenvalue weighted by molar-refractivity contribution is 5.60. The van der Waals surface area contributed by atoms with E-state index in [2.05, 4.69) is 11.5 Å². The first-order chi connectivity index (χ1) is 3.84. The van der Waals surface area contributed by atoms with Gasteiger partial charge in [-0.1, -0.05) is 0 Å². The number of nitrogens with zero attached hydrogens (tertiary/aromatic N) is 3. The van der Waals surface area contributed by atoms with E-state index in [4.69, 9.17) is 5.26 Å². The van der Waals surface area contributed by atoms with Crippen LogP contribution in [0.2, 0.25) is 0 Å². The van der Waals surface area contributed by atoms with Crippen molar-refractivity contribution in [3.63, 3.8) is 0 Å². The van der Waals surface area contributed by atoms with Gasteiger partial charge < -0.3 is 4.90 Å². The van der Waals surface area contributed by atoms with Gasteiger partial charge in [-0.05, 0) is 0 Å². The van der Waals surface area contributed by atoms with Crippen LogP contribution in [-0.2, 0) is 0 Å². The van der Waals surface area contributed by atoms with Crippen LogP contribution in [0.1, 0.15) is 0 Å². The van der Waals surface area contributed by atoms with Gasteiger partial charge in [0.25, 0.3) is 0 Å². The van der Waals surface area contributed by atoms with Crippen molar-refractivity contribution in [2.45, 2.75) is 6.04 Å². The lowest BCUT2D eigenvalue weighted by Crippen LogP contribution is -2.23. The second-order valence-corrected chi connectivity index (χ2v) is 1.57. The molecule has 40 valence electrons. The second kappa shape index (κ2) is 1.83. The molecule has 1 rings (SSSR count). The Morgan fingerprint density at radius 2 is 2.75 bits per heavy atom. The number of rotatable bonds is 0. The maximum Gasteiger partial charge on any atom is 0.158 e. The minimum atomic E-state index is -0.269. The molecule has 0 saturated heterocycles. The van der Waals surface area contributed by atoms with Gasteiger partial charge in [0.15, 0.2) is 6.54 Å². The van der Waals surface area contributed by atoms with Crippen molar-refractivity contribution < 1.29 is 0 Å². The van der Waals surface area contributed by atoms with Gasteiger partial charge in [0, 0.05) is 7.05 Å². The Kier molecular flexibility index (Phi) is 1.17. The van der Waals surface area contributed by atoms with Gasteiger partial charge in [-0.3, -0.25) is 4.99 Å².